The summed E-state index contributed by atoms with van der Waals surface area (Å²) in [7, 11) is 0. The molecule has 0 aliphatic carbocycles. The van der Waals surface area contributed by atoms with Gasteiger partial charge in [-0.1, -0.05) is 19.4 Å². The third-order valence-electron chi connectivity index (χ3n) is 2.62. The average Bonchev–Trinajstić information content (AvgIpc) is 2.21. The van der Waals surface area contributed by atoms with Crippen molar-refractivity contribution < 1.29 is 13.9 Å². The van der Waals surface area contributed by atoms with Crippen LogP contribution in [0.1, 0.15) is 32.3 Å². The number of benzene rings is 1. The van der Waals surface area contributed by atoms with Crippen molar-refractivity contribution in [3.8, 4) is 0 Å². The van der Waals surface area contributed by atoms with Crippen molar-refractivity contribution in [3.05, 3.63) is 35.4 Å². The summed E-state index contributed by atoms with van der Waals surface area (Å²) in [5.41, 5.74) is -0.385. The topological polar surface area (TPSA) is 32.3 Å². The fourth-order valence-electron chi connectivity index (χ4n) is 1.76. The van der Waals surface area contributed by atoms with E-state index in [0.717, 1.165) is 12.5 Å². The van der Waals surface area contributed by atoms with Crippen molar-refractivity contribution in [1.82, 2.24) is 5.32 Å². The number of aliphatic hydroxyl groups is 1. The van der Waals surface area contributed by atoms with Gasteiger partial charge in [0.2, 0.25) is 0 Å². The van der Waals surface area contributed by atoms with E-state index in [1.54, 1.807) is 6.92 Å². The van der Waals surface area contributed by atoms with Crippen molar-refractivity contribution >= 4 is 0 Å². The molecule has 0 spiro atoms. The first-order valence-corrected chi connectivity index (χ1v) is 5.81. The Bertz CT molecular complexity index is 366. The number of hydrogen-bond donors (Lipinski definition) is 2. The highest BCUT2D eigenvalue weighted by Gasteiger charge is 2.18. The Balaban J connectivity index is 2.46. The van der Waals surface area contributed by atoms with E-state index in [0.29, 0.717) is 18.5 Å². The lowest BCUT2D eigenvalue weighted by Gasteiger charge is -2.23. The quantitative estimate of drug-likeness (QED) is 0.805. The fraction of sp³-hybridized carbons (Fsp3) is 0.538. The summed E-state index contributed by atoms with van der Waals surface area (Å²) in [6.45, 7) is 4.41. The second-order valence-electron chi connectivity index (χ2n) is 4.59. The Morgan fingerprint density at radius 1 is 1.35 bits per heavy atom. The molecule has 0 fully saturated rings. The SMILES string of the molecule is CCCC(C)(O)CNCc1ccc(F)cc1F. The van der Waals surface area contributed by atoms with Gasteiger partial charge in [0, 0.05) is 24.7 Å². The number of rotatable bonds is 6. The van der Waals surface area contributed by atoms with Crippen molar-refractivity contribution in [2.75, 3.05) is 6.54 Å². The fourth-order valence-corrected chi connectivity index (χ4v) is 1.76. The highest BCUT2D eigenvalue weighted by Crippen LogP contribution is 2.12. The molecule has 1 atom stereocenters. The first kappa shape index (κ1) is 14.1. The summed E-state index contributed by atoms with van der Waals surface area (Å²) < 4.78 is 25.9. The molecule has 0 aliphatic rings. The summed E-state index contributed by atoms with van der Waals surface area (Å²) in [5.74, 6) is -1.14. The van der Waals surface area contributed by atoms with Crippen LogP contribution < -0.4 is 5.32 Å². The van der Waals surface area contributed by atoms with Crippen molar-refractivity contribution in [2.24, 2.45) is 0 Å². The molecule has 0 saturated carbocycles. The summed E-state index contributed by atoms with van der Waals surface area (Å²) in [4.78, 5) is 0. The normalized spacial score (nSPS) is 14.6. The van der Waals surface area contributed by atoms with E-state index in [-0.39, 0.29) is 6.54 Å². The monoisotopic (exact) mass is 243 g/mol. The highest BCUT2D eigenvalue weighted by molar-refractivity contribution is 5.18. The molecule has 0 saturated heterocycles. The molecule has 0 heterocycles. The van der Waals surface area contributed by atoms with Crippen molar-refractivity contribution in [3.63, 3.8) is 0 Å². The molecule has 1 aromatic rings. The highest BCUT2D eigenvalue weighted by atomic mass is 19.1. The van der Waals surface area contributed by atoms with Gasteiger partial charge in [-0.3, -0.25) is 0 Å². The minimum absolute atomic E-state index is 0.284. The van der Waals surface area contributed by atoms with Crippen LogP contribution in [0, 0.1) is 11.6 Å². The molecule has 0 aromatic heterocycles. The molecule has 96 valence electrons. The molecule has 17 heavy (non-hydrogen) atoms. The van der Waals surface area contributed by atoms with E-state index in [9.17, 15) is 13.9 Å². The number of halogens is 2. The van der Waals surface area contributed by atoms with Crippen LogP contribution in [-0.4, -0.2) is 17.3 Å². The van der Waals surface area contributed by atoms with E-state index < -0.39 is 17.2 Å². The summed E-state index contributed by atoms with van der Waals surface area (Å²) in [6.07, 6.45) is 1.57. The summed E-state index contributed by atoms with van der Waals surface area (Å²) >= 11 is 0. The third-order valence-corrected chi connectivity index (χ3v) is 2.62. The van der Waals surface area contributed by atoms with Gasteiger partial charge in [-0.05, 0) is 19.4 Å². The van der Waals surface area contributed by atoms with Gasteiger partial charge >= 0.3 is 0 Å². The molecule has 0 aliphatic heterocycles. The maximum Gasteiger partial charge on any atom is 0.130 e. The maximum atomic E-state index is 13.3. The zero-order valence-corrected chi connectivity index (χ0v) is 10.3. The van der Waals surface area contributed by atoms with Gasteiger partial charge in [-0.2, -0.15) is 0 Å². The van der Waals surface area contributed by atoms with Crippen LogP contribution in [0.2, 0.25) is 0 Å². The molecule has 1 rings (SSSR count). The van der Waals surface area contributed by atoms with Crippen LogP contribution in [0.15, 0.2) is 18.2 Å². The predicted octanol–water partition coefficient (Wildman–Crippen LogP) is 2.61. The van der Waals surface area contributed by atoms with Gasteiger partial charge in [0.15, 0.2) is 0 Å². The maximum absolute atomic E-state index is 13.3. The molecule has 0 bridgehead atoms. The molecule has 1 unspecified atom stereocenters. The smallest absolute Gasteiger partial charge is 0.130 e. The second-order valence-corrected chi connectivity index (χ2v) is 4.59. The molecule has 0 radical (unpaired) electrons. The van der Waals surface area contributed by atoms with Gasteiger partial charge in [0.05, 0.1) is 5.60 Å². The lowest BCUT2D eigenvalue weighted by molar-refractivity contribution is 0.0497. The lowest BCUT2D eigenvalue weighted by atomic mass is 10.0. The molecule has 2 N–H and O–H groups in total. The number of nitrogens with one attached hydrogen (secondary N) is 1. The van der Waals surface area contributed by atoms with Crippen LogP contribution in [0.5, 0.6) is 0 Å². The van der Waals surface area contributed by atoms with Gasteiger partial charge in [-0.25, -0.2) is 8.78 Å². The molecule has 4 heteroatoms. The first-order valence-electron chi connectivity index (χ1n) is 5.81. The zero-order chi connectivity index (χ0) is 12.9. The van der Waals surface area contributed by atoms with E-state index in [1.165, 1.54) is 12.1 Å². The standard InChI is InChI=1S/C13H19F2NO/c1-3-6-13(2,17)9-16-8-10-4-5-11(14)7-12(10)15/h4-5,7,16-17H,3,6,8-9H2,1-2H3. The zero-order valence-electron chi connectivity index (χ0n) is 10.3. The van der Waals surface area contributed by atoms with Crippen LogP contribution in [0.3, 0.4) is 0 Å². The van der Waals surface area contributed by atoms with Crippen LogP contribution >= 0.6 is 0 Å². The van der Waals surface area contributed by atoms with E-state index in [1.807, 2.05) is 6.92 Å². The lowest BCUT2D eigenvalue weighted by Crippen LogP contribution is -2.37. The average molecular weight is 243 g/mol. The van der Waals surface area contributed by atoms with Crippen molar-refractivity contribution in [1.29, 1.82) is 0 Å². The molecular weight excluding hydrogens is 224 g/mol. The van der Waals surface area contributed by atoms with Crippen LogP contribution in [-0.2, 0) is 6.54 Å². The Kier molecular flexibility index (Phi) is 5.02. The largest absolute Gasteiger partial charge is 0.389 e. The van der Waals surface area contributed by atoms with E-state index in [2.05, 4.69) is 5.32 Å². The van der Waals surface area contributed by atoms with Crippen LogP contribution in [0.25, 0.3) is 0 Å². The van der Waals surface area contributed by atoms with Crippen LogP contribution in [0.4, 0.5) is 8.78 Å². The van der Waals surface area contributed by atoms with E-state index in [4.69, 9.17) is 0 Å². The molecule has 0 amide bonds. The molecular formula is C13H19F2NO. The molecule has 1 aromatic carbocycles. The summed E-state index contributed by atoms with van der Waals surface area (Å²) in [6, 6.07) is 3.50. The van der Waals surface area contributed by atoms with Gasteiger partial charge in [0.1, 0.15) is 11.6 Å². The second kappa shape index (κ2) is 6.07. The Hall–Kier alpha value is -1.00. The minimum Gasteiger partial charge on any atom is -0.389 e. The van der Waals surface area contributed by atoms with Crippen molar-refractivity contribution in [2.45, 2.75) is 38.8 Å². The van der Waals surface area contributed by atoms with Gasteiger partial charge < -0.3 is 10.4 Å². The van der Waals surface area contributed by atoms with Gasteiger partial charge in [0.25, 0.3) is 0 Å². The summed E-state index contributed by atoms with van der Waals surface area (Å²) in [5, 5.41) is 12.9. The van der Waals surface area contributed by atoms with E-state index >= 15 is 0 Å². The minimum atomic E-state index is -0.786. The number of hydrogen-bond acceptors (Lipinski definition) is 2. The Morgan fingerprint density at radius 2 is 2.06 bits per heavy atom. The molecule has 2 nitrogen and oxygen atoms in total. The predicted molar refractivity (Wildman–Crippen MR) is 63.6 cm³/mol. The Labute approximate surface area is 101 Å². The first-order chi connectivity index (χ1) is 7.94. The van der Waals surface area contributed by atoms with Gasteiger partial charge in [-0.15, -0.1) is 0 Å². The third kappa shape index (κ3) is 4.79. The Morgan fingerprint density at radius 3 is 2.65 bits per heavy atom.